The van der Waals surface area contributed by atoms with E-state index in [-0.39, 0.29) is 25.1 Å². The first-order chi connectivity index (χ1) is 13.6. The zero-order valence-corrected chi connectivity index (χ0v) is 15.3. The second-order valence-electron chi connectivity index (χ2n) is 7.64. The van der Waals surface area contributed by atoms with Crippen molar-refractivity contribution in [3.05, 3.63) is 77.6 Å². The largest absolute Gasteiger partial charge is 0.448 e. The van der Waals surface area contributed by atoms with Gasteiger partial charge in [-0.25, -0.2) is 4.79 Å². The molecule has 1 fully saturated rings. The van der Waals surface area contributed by atoms with Gasteiger partial charge in [-0.15, -0.1) is 0 Å². The molecule has 0 saturated carbocycles. The summed E-state index contributed by atoms with van der Waals surface area (Å²) in [6.07, 6.45) is 1.72. The van der Waals surface area contributed by atoms with E-state index in [9.17, 15) is 9.90 Å². The predicted octanol–water partition coefficient (Wildman–Crippen LogP) is 2.95. The Morgan fingerprint density at radius 3 is 2.36 bits per heavy atom. The molecule has 2 aromatic carbocycles. The van der Waals surface area contributed by atoms with E-state index in [1.54, 1.807) is 11.1 Å². The SMILES string of the molecule is O=C(OCC1c2ccccc2-c2ccccc21)N1CC(O)(Cc2ccn[nH]2)C1. The van der Waals surface area contributed by atoms with E-state index in [4.69, 9.17) is 4.74 Å². The molecule has 0 unspecified atom stereocenters. The summed E-state index contributed by atoms with van der Waals surface area (Å²) in [5.41, 5.74) is 4.73. The minimum atomic E-state index is -0.919. The molecule has 142 valence electrons. The maximum absolute atomic E-state index is 12.5. The van der Waals surface area contributed by atoms with Gasteiger partial charge in [0.05, 0.1) is 13.1 Å². The first-order valence-corrected chi connectivity index (χ1v) is 9.43. The maximum Gasteiger partial charge on any atom is 0.409 e. The Morgan fingerprint density at radius 1 is 1.11 bits per heavy atom. The Labute approximate surface area is 162 Å². The van der Waals surface area contributed by atoms with Crippen molar-refractivity contribution >= 4 is 6.09 Å². The van der Waals surface area contributed by atoms with Gasteiger partial charge < -0.3 is 14.7 Å². The maximum atomic E-state index is 12.5. The van der Waals surface area contributed by atoms with Crippen LogP contribution in [0, 0.1) is 0 Å². The fourth-order valence-corrected chi connectivity index (χ4v) is 4.33. The topological polar surface area (TPSA) is 78.4 Å². The van der Waals surface area contributed by atoms with E-state index in [0.717, 1.165) is 5.69 Å². The van der Waals surface area contributed by atoms with Crippen LogP contribution in [-0.2, 0) is 11.2 Å². The van der Waals surface area contributed by atoms with Crippen LogP contribution in [0.4, 0.5) is 4.79 Å². The number of aliphatic hydroxyl groups is 1. The molecule has 1 aromatic heterocycles. The van der Waals surface area contributed by atoms with Crippen LogP contribution in [-0.4, -0.2) is 51.6 Å². The van der Waals surface area contributed by atoms with Gasteiger partial charge in [-0.1, -0.05) is 48.5 Å². The number of likely N-dealkylation sites (tertiary alicyclic amines) is 1. The summed E-state index contributed by atoms with van der Waals surface area (Å²) in [5, 5.41) is 17.3. The van der Waals surface area contributed by atoms with Crippen LogP contribution in [0.25, 0.3) is 11.1 Å². The van der Waals surface area contributed by atoms with Crippen molar-refractivity contribution in [2.45, 2.75) is 17.9 Å². The van der Waals surface area contributed by atoms with Crippen LogP contribution in [0.3, 0.4) is 0 Å². The monoisotopic (exact) mass is 375 g/mol. The van der Waals surface area contributed by atoms with Gasteiger partial charge in [-0.05, 0) is 28.3 Å². The Hall–Kier alpha value is -3.12. The standard InChI is InChI=1S/C22H21N3O3/c26-21(25-13-22(27,14-25)11-15-9-10-23-24-15)28-12-20-18-7-3-1-5-16(18)17-6-2-4-8-19(17)20/h1-10,20,27H,11-14H2,(H,23,24). The zero-order valence-electron chi connectivity index (χ0n) is 15.3. The number of β-amino-alcohol motifs (C(OH)–C–C–N with tert-alkyl or cyclic N) is 1. The van der Waals surface area contributed by atoms with Crippen LogP contribution < -0.4 is 0 Å². The molecule has 0 radical (unpaired) electrons. The van der Waals surface area contributed by atoms with Crippen molar-refractivity contribution in [3.8, 4) is 11.1 Å². The van der Waals surface area contributed by atoms with Gasteiger partial charge in [0, 0.05) is 24.2 Å². The molecule has 1 amide bonds. The second-order valence-corrected chi connectivity index (χ2v) is 7.64. The summed E-state index contributed by atoms with van der Waals surface area (Å²) in [5.74, 6) is 0.0431. The molecule has 1 saturated heterocycles. The van der Waals surface area contributed by atoms with E-state index < -0.39 is 5.60 Å². The predicted molar refractivity (Wildman–Crippen MR) is 104 cm³/mol. The lowest BCUT2D eigenvalue weighted by atomic mass is 9.89. The highest BCUT2D eigenvalue weighted by Gasteiger charge is 2.45. The van der Waals surface area contributed by atoms with Crippen LogP contribution in [0.1, 0.15) is 22.7 Å². The van der Waals surface area contributed by atoms with E-state index in [0.29, 0.717) is 13.0 Å². The second kappa shape index (κ2) is 6.49. The lowest BCUT2D eigenvalue weighted by Crippen LogP contribution is -2.64. The molecule has 28 heavy (non-hydrogen) atoms. The Morgan fingerprint density at radius 2 is 1.75 bits per heavy atom. The number of hydrogen-bond donors (Lipinski definition) is 2. The number of nitrogens with zero attached hydrogens (tertiary/aromatic N) is 2. The summed E-state index contributed by atoms with van der Waals surface area (Å²) < 4.78 is 5.63. The first-order valence-electron chi connectivity index (χ1n) is 9.43. The lowest BCUT2D eigenvalue weighted by Gasteiger charge is -2.45. The molecule has 0 bridgehead atoms. The van der Waals surface area contributed by atoms with Crippen molar-refractivity contribution in [2.24, 2.45) is 0 Å². The Balaban J connectivity index is 1.23. The molecule has 6 heteroatoms. The van der Waals surface area contributed by atoms with Crippen LogP contribution in [0.15, 0.2) is 60.8 Å². The van der Waals surface area contributed by atoms with Gasteiger partial charge in [0.25, 0.3) is 0 Å². The van der Waals surface area contributed by atoms with Crippen LogP contribution in [0.2, 0.25) is 0 Å². The Kier molecular flexibility index (Phi) is 3.94. The van der Waals surface area contributed by atoms with Gasteiger partial charge in [0.2, 0.25) is 0 Å². The molecule has 6 nitrogen and oxygen atoms in total. The van der Waals surface area contributed by atoms with Crippen molar-refractivity contribution in [3.63, 3.8) is 0 Å². The Bertz CT molecular complexity index is 964. The van der Waals surface area contributed by atoms with Crippen molar-refractivity contribution in [2.75, 3.05) is 19.7 Å². The highest BCUT2D eigenvalue weighted by atomic mass is 16.6. The molecular formula is C22H21N3O3. The average Bonchev–Trinajstić information content (AvgIpc) is 3.30. The van der Waals surface area contributed by atoms with E-state index in [1.807, 2.05) is 30.3 Å². The van der Waals surface area contributed by atoms with Crippen LogP contribution >= 0.6 is 0 Å². The molecule has 0 atom stereocenters. The third-order valence-electron chi connectivity index (χ3n) is 5.64. The summed E-state index contributed by atoms with van der Waals surface area (Å²) in [4.78, 5) is 14.0. The molecular weight excluding hydrogens is 354 g/mol. The zero-order chi connectivity index (χ0) is 19.1. The number of rotatable bonds is 4. The fraction of sp³-hybridized carbons (Fsp3) is 0.273. The van der Waals surface area contributed by atoms with E-state index >= 15 is 0 Å². The number of ether oxygens (including phenoxy) is 1. The smallest absolute Gasteiger partial charge is 0.409 e. The molecule has 1 aliphatic heterocycles. The molecule has 0 spiro atoms. The number of nitrogens with one attached hydrogen (secondary N) is 1. The number of aromatic amines is 1. The van der Waals surface area contributed by atoms with Gasteiger partial charge in [0.15, 0.2) is 0 Å². The van der Waals surface area contributed by atoms with Crippen molar-refractivity contribution in [1.82, 2.24) is 15.1 Å². The van der Waals surface area contributed by atoms with E-state index in [2.05, 4.69) is 34.5 Å². The molecule has 5 rings (SSSR count). The highest BCUT2D eigenvalue weighted by molar-refractivity contribution is 5.79. The number of benzene rings is 2. The number of aromatic nitrogens is 2. The number of H-pyrrole nitrogens is 1. The van der Waals surface area contributed by atoms with Crippen molar-refractivity contribution in [1.29, 1.82) is 0 Å². The number of hydrogen-bond acceptors (Lipinski definition) is 4. The fourth-order valence-electron chi connectivity index (χ4n) is 4.33. The number of fused-ring (bicyclic) bond motifs is 3. The molecule has 3 aromatic rings. The summed E-state index contributed by atoms with van der Waals surface area (Å²) in [7, 11) is 0. The number of amides is 1. The number of carbonyl (C=O) groups is 1. The van der Waals surface area contributed by atoms with Gasteiger partial charge in [-0.3, -0.25) is 5.10 Å². The van der Waals surface area contributed by atoms with Gasteiger partial charge in [0.1, 0.15) is 12.2 Å². The van der Waals surface area contributed by atoms with E-state index in [1.165, 1.54) is 22.3 Å². The van der Waals surface area contributed by atoms with Gasteiger partial charge >= 0.3 is 6.09 Å². The molecule has 1 aliphatic carbocycles. The average molecular weight is 375 g/mol. The normalized spacial score (nSPS) is 17.0. The first kappa shape index (κ1) is 17.0. The minimum Gasteiger partial charge on any atom is -0.448 e. The van der Waals surface area contributed by atoms with Crippen molar-refractivity contribution < 1.29 is 14.6 Å². The molecule has 2 aliphatic rings. The number of carbonyl (C=O) groups excluding carboxylic acids is 1. The molecule has 2 N–H and O–H groups in total. The minimum absolute atomic E-state index is 0.0431. The quantitative estimate of drug-likeness (QED) is 0.735. The summed E-state index contributed by atoms with van der Waals surface area (Å²) in [6.45, 7) is 0.827. The lowest BCUT2D eigenvalue weighted by molar-refractivity contribution is -0.0883. The molecule has 2 heterocycles. The van der Waals surface area contributed by atoms with Gasteiger partial charge in [-0.2, -0.15) is 5.10 Å². The summed E-state index contributed by atoms with van der Waals surface area (Å²) >= 11 is 0. The third kappa shape index (κ3) is 2.86. The highest BCUT2D eigenvalue weighted by Crippen LogP contribution is 2.44. The third-order valence-corrected chi connectivity index (χ3v) is 5.64. The van der Waals surface area contributed by atoms with Crippen LogP contribution in [0.5, 0.6) is 0 Å². The summed E-state index contributed by atoms with van der Waals surface area (Å²) in [6, 6.07) is 18.3.